The highest BCUT2D eigenvalue weighted by molar-refractivity contribution is 5.97. The molecule has 2 amide bonds. The first-order valence-electron chi connectivity index (χ1n) is 8.62. The fraction of sp³-hybridized carbons (Fsp3) is 0.556. The van der Waals surface area contributed by atoms with Crippen LogP contribution in [0.25, 0.3) is 0 Å². The third kappa shape index (κ3) is 4.08. The molecular formula is C18H24N2O6. The maximum Gasteiger partial charge on any atom is 0.251 e. The van der Waals surface area contributed by atoms with Crippen molar-refractivity contribution in [1.29, 1.82) is 0 Å². The van der Waals surface area contributed by atoms with Gasteiger partial charge in [0.25, 0.3) is 5.91 Å². The Morgan fingerprint density at radius 3 is 2.19 bits per heavy atom. The monoisotopic (exact) mass is 364 g/mol. The van der Waals surface area contributed by atoms with Gasteiger partial charge in [-0.15, -0.1) is 0 Å². The Morgan fingerprint density at radius 1 is 1.08 bits per heavy atom. The lowest BCUT2D eigenvalue weighted by Gasteiger charge is -2.37. The van der Waals surface area contributed by atoms with Gasteiger partial charge in [-0.3, -0.25) is 9.59 Å². The average Bonchev–Trinajstić information content (AvgIpc) is 3.13. The van der Waals surface area contributed by atoms with Gasteiger partial charge in [-0.2, -0.15) is 0 Å². The first-order chi connectivity index (χ1) is 12.5. The number of carbonyl (C=O) groups excluding carboxylic acids is 2. The first-order valence-corrected chi connectivity index (χ1v) is 8.62. The lowest BCUT2D eigenvalue weighted by atomic mass is 10.0. The number of nitrogens with zero attached hydrogens (tertiary/aromatic N) is 1. The molecule has 0 bridgehead atoms. The zero-order valence-electron chi connectivity index (χ0n) is 15.1. The van der Waals surface area contributed by atoms with E-state index in [9.17, 15) is 9.59 Å². The van der Waals surface area contributed by atoms with Gasteiger partial charge in [-0.05, 0) is 12.1 Å². The maximum atomic E-state index is 12.4. The zero-order chi connectivity index (χ0) is 18.6. The quantitative estimate of drug-likeness (QED) is 0.832. The van der Waals surface area contributed by atoms with E-state index in [1.165, 1.54) is 14.2 Å². The number of piperidine rings is 1. The Kier molecular flexibility index (Phi) is 5.63. The van der Waals surface area contributed by atoms with Crippen molar-refractivity contribution in [2.45, 2.75) is 18.6 Å². The van der Waals surface area contributed by atoms with Gasteiger partial charge in [0.1, 0.15) is 11.5 Å². The molecule has 26 heavy (non-hydrogen) atoms. The normalized spacial score (nSPS) is 18.6. The van der Waals surface area contributed by atoms with E-state index in [1.54, 1.807) is 23.1 Å². The van der Waals surface area contributed by atoms with Gasteiger partial charge in [0, 0.05) is 37.6 Å². The van der Waals surface area contributed by atoms with Crippen LogP contribution < -0.4 is 14.8 Å². The Morgan fingerprint density at radius 2 is 1.65 bits per heavy atom. The number of nitrogens with one attached hydrogen (secondary N) is 1. The molecule has 0 aromatic heterocycles. The molecule has 0 saturated carbocycles. The Bertz CT molecular complexity index is 639. The fourth-order valence-corrected chi connectivity index (χ4v) is 3.19. The Labute approximate surface area is 152 Å². The van der Waals surface area contributed by atoms with Crippen molar-refractivity contribution in [3.05, 3.63) is 23.8 Å². The number of amides is 2. The molecule has 2 aliphatic heterocycles. The van der Waals surface area contributed by atoms with E-state index in [2.05, 4.69) is 5.32 Å². The molecule has 0 atom stereocenters. The van der Waals surface area contributed by atoms with Crippen molar-refractivity contribution in [3.63, 3.8) is 0 Å². The van der Waals surface area contributed by atoms with E-state index < -0.39 is 5.79 Å². The minimum absolute atomic E-state index is 0.0624. The Hall–Kier alpha value is -2.32. The lowest BCUT2D eigenvalue weighted by Crippen LogP contribution is -2.49. The van der Waals surface area contributed by atoms with Crippen LogP contribution in [0.4, 0.5) is 0 Å². The van der Waals surface area contributed by atoms with E-state index in [0.717, 1.165) is 0 Å². The van der Waals surface area contributed by atoms with E-state index in [1.807, 2.05) is 0 Å². The van der Waals surface area contributed by atoms with Gasteiger partial charge in [-0.25, -0.2) is 0 Å². The highest BCUT2D eigenvalue weighted by Crippen LogP contribution is 2.31. The molecule has 1 N–H and O–H groups in total. The summed E-state index contributed by atoms with van der Waals surface area (Å²) in [6.45, 7) is 2.26. The van der Waals surface area contributed by atoms with E-state index in [0.29, 0.717) is 56.2 Å². The summed E-state index contributed by atoms with van der Waals surface area (Å²) in [6.07, 6.45) is 1.31. The number of rotatable bonds is 5. The topological polar surface area (TPSA) is 86.3 Å². The van der Waals surface area contributed by atoms with Gasteiger partial charge in [0.05, 0.1) is 34.0 Å². The number of benzene rings is 1. The van der Waals surface area contributed by atoms with Gasteiger partial charge in [0.15, 0.2) is 5.79 Å². The van der Waals surface area contributed by atoms with Crippen LogP contribution in [0, 0.1) is 0 Å². The summed E-state index contributed by atoms with van der Waals surface area (Å²) in [7, 11) is 3.03. The first kappa shape index (κ1) is 18.5. The van der Waals surface area contributed by atoms with Crippen molar-refractivity contribution in [2.24, 2.45) is 0 Å². The molecule has 0 aliphatic carbocycles. The minimum Gasteiger partial charge on any atom is -0.497 e. The number of methoxy groups -OCH3 is 2. The van der Waals surface area contributed by atoms with Gasteiger partial charge in [-0.1, -0.05) is 0 Å². The van der Waals surface area contributed by atoms with Crippen LogP contribution in [0.2, 0.25) is 0 Å². The summed E-state index contributed by atoms with van der Waals surface area (Å²) in [5.41, 5.74) is 0.374. The standard InChI is InChI=1S/C18H24N2O6/c1-23-14-9-13(10-15(11-14)24-2)17(22)19-12-16(21)20-5-3-18(4-6-20)25-7-8-26-18/h9-11H,3-8,12H2,1-2H3,(H,19,22). The lowest BCUT2D eigenvalue weighted by molar-refractivity contribution is -0.187. The zero-order valence-corrected chi connectivity index (χ0v) is 15.1. The van der Waals surface area contributed by atoms with Crippen LogP contribution in [0.5, 0.6) is 11.5 Å². The molecule has 8 nitrogen and oxygen atoms in total. The maximum absolute atomic E-state index is 12.4. The fourth-order valence-electron chi connectivity index (χ4n) is 3.19. The highest BCUT2D eigenvalue weighted by atomic mass is 16.7. The molecule has 1 aromatic carbocycles. The predicted molar refractivity (Wildman–Crippen MR) is 92.3 cm³/mol. The number of hydrogen-bond donors (Lipinski definition) is 1. The second-order valence-electron chi connectivity index (χ2n) is 6.27. The van der Waals surface area contributed by atoms with Crippen LogP contribution in [0.1, 0.15) is 23.2 Å². The Balaban J connectivity index is 1.52. The number of carbonyl (C=O) groups is 2. The third-order valence-corrected chi connectivity index (χ3v) is 4.71. The third-order valence-electron chi connectivity index (χ3n) is 4.71. The molecule has 0 unspecified atom stereocenters. The van der Waals surface area contributed by atoms with Crippen molar-refractivity contribution in [2.75, 3.05) is 47.1 Å². The van der Waals surface area contributed by atoms with Crippen LogP contribution >= 0.6 is 0 Å². The van der Waals surface area contributed by atoms with Crippen molar-refractivity contribution >= 4 is 11.8 Å². The molecule has 8 heteroatoms. The SMILES string of the molecule is COc1cc(OC)cc(C(=O)NCC(=O)N2CCC3(CC2)OCCO3)c1. The molecule has 0 radical (unpaired) electrons. The second-order valence-corrected chi connectivity index (χ2v) is 6.27. The molecule has 142 valence electrons. The van der Waals surface area contributed by atoms with Gasteiger partial charge >= 0.3 is 0 Å². The molecule has 2 aliphatic rings. The molecule has 1 spiro atoms. The van der Waals surface area contributed by atoms with Crippen molar-refractivity contribution in [1.82, 2.24) is 10.2 Å². The van der Waals surface area contributed by atoms with Gasteiger partial charge < -0.3 is 29.2 Å². The summed E-state index contributed by atoms with van der Waals surface area (Å²) < 4.78 is 21.6. The summed E-state index contributed by atoms with van der Waals surface area (Å²) in [5, 5.41) is 2.66. The number of ether oxygens (including phenoxy) is 4. The molecule has 3 rings (SSSR count). The summed E-state index contributed by atoms with van der Waals surface area (Å²) >= 11 is 0. The summed E-state index contributed by atoms with van der Waals surface area (Å²) in [6, 6.07) is 4.88. The van der Waals surface area contributed by atoms with E-state index >= 15 is 0 Å². The summed E-state index contributed by atoms with van der Waals surface area (Å²) in [5.74, 6) is 0.0296. The molecule has 2 saturated heterocycles. The molecular weight excluding hydrogens is 340 g/mol. The van der Waals surface area contributed by atoms with Crippen LogP contribution in [0.15, 0.2) is 18.2 Å². The van der Waals surface area contributed by atoms with Crippen molar-refractivity contribution in [3.8, 4) is 11.5 Å². The minimum atomic E-state index is -0.517. The van der Waals surface area contributed by atoms with Crippen LogP contribution in [-0.4, -0.2) is 69.6 Å². The average molecular weight is 364 g/mol. The highest BCUT2D eigenvalue weighted by Gasteiger charge is 2.40. The smallest absolute Gasteiger partial charge is 0.251 e. The predicted octanol–water partition coefficient (Wildman–Crippen LogP) is 0.799. The second kappa shape index (κ2) is 7.92. The number of likely N-dealkylation sites (tertiary alicyclic amines) is 1. The summed E-state index contributed by atoms with van der Waals surface area (Å²) in [4.78, 5) is 26.4. The molecule has 2 heterocycles. The number of hydrogen-bond acceptors (Lipinski definition) is 6. The molecule has 2 fully saturated rings. The van der Waals surface area contributed by atoms with Crippen molar-refractivity contribution < 1.29 is 28.5 Å². The van der Waals surface area contributed by atoms with E-state index in [-0.39, 0.29) is 18.4 Å². The largest absolute Gasteiger partial charge is 0.497 e. The van der Waals surface area contributed by atoms with Crippen LogP contribution in [-0.2, 0) is 14.3 Å². The van der Waals surface area contributed by atoms with Crippen LogP contribution in [0.3, 0.4) is 0 Å². The molecule has 1 aromatic rings. The van der Waals surface area contributed by atoms with Gasteiger partial charge in [0.2, 0.25) is 5.91 Å². The van der Waals surface area contributed by atoms with E-state index in [4.69, 9.17) is 18.9 Å².